The van der Waals surface area contributed by atoms with Crippen molar-refractivity contribution in [1.82, 2.24) is 8.96 Å². The van der Waals surface area contributed by atoms with Crippen molar-refractivity contribution in [3.63, 3.8) is 0 Å². The summed E-state index contributed by atoms with van der Waals surface area (Å²) in [4.78, 5) is 5.28. The Labute approximate surface area is 353 Å². The van der Waals surface area contributed by atoms with E-state index in [1.807, 2.05) is 0 Å². The van der Waals surface area contributed by atoms with Gasteiger partial charge in [-0.2, -0.15) is 0 Å². The van der Waals surface area contributed by atoms with Crippen molar-refractivity contribution >= 4 is 114 Å². The Morgan fingerprint density at radius 1 is 0.328 bits per heavy atom. The maximum absolute atomic E-state index is 2.72. The van der Waals surface area contributed by atoms with Crippen LogP contribution in [0.25, 0.3) is 65.9 Å². The Hall–Kier alpha value is -7.63. The quantitative estimate of drug-likeness (QED) is 0.166. The van der Waals surface area contributed by atoms with Crippen molar-refractivity contribution in [2.75, 3.05) is 9.62 Å². The lowest BCUT2D eigenvalue weighted by molar-refractivity contribution is 1.21. The fourth-order valence-corrected chi connectivity index (χ4v) is 12.2. The Kier molecular flexibility index (Phi) is 6.11. The van der Waals surface area contributed by atoms with Gasteiger partial charge in [0.05, 0.1) is 0 Å². The molecule has 0 fully saturated rings. The van der Waals surface area contributed by atoms with E-state index in [2.05, 4.69) is 219 Å². The first kappa shape index (κ1) is 32.3. The molecule has 0 N–H and O–H groups in total. The highest BCUT2D eigenvalue weighted by atomic mass is 15.2. The van der Waals surface area contributed by atoms with Crippen LogP contribution in [0.3, 0.4) is 0 Å². The van der Waals surface area contributed by atoms with Crippen LogP contribution in [-0.4, -0.2) is 29.6 Å². The molecule has 4 aliphatic rings. The van der Waals surface area contributed by atoms with Gasteiger partial charge >= 0.3 is 20.7 Å². The molecule has 11 aromatic rings. The third kappa shape index (κ3) is 3.91. The summed E-state index contributed by atoms with van der Waals surface area (Å²) >= 11 is 0. The van der Waals surface area contributed by atoms with Gasteiger partial charge in [0, 0.05) is 77.5 Å². The van der Waals surface area contributed by atoms with Crippen LogP contribution in [0.5, 0.6) is 0 Å². The molecule has 0 radical (unpaired) electrons. The number of rotatable bonds is 4. The molecule has 0 saturated carbocycles. The maximum atomic E-state index is 2.72. The van der Waals surface area contributed by atoms with Crippen LogP contribution < -0.4 is 36.9 Å². The van der Waals surface area contributed by atoms with Gasteiger partial charge in [0.15, 0.2) is 0 Å². The van der Waals surface area contributed by atoms with E-state index in [-0.39, 0.29) is 20.7 Å². The highest BCUT2D eigenvalue weighted by Gasteiger charge is 2.53. The van der Waals surface area contributed by atoms with Gasteiger partial charge in [-0.25, -0.2) is 0 Å². The second-order valence-electron chi connectivity index (χ2n) is 17.1. The van der Waals surface area contributed by atoms with Crippen molar-refractivity contribution in [3.8, 4) is 22.3 Å². The minimum Gasteiger partial charge on any atom is -0.376 e. The van der Waals surface area contributed by atoms with Gasteiger partial charge < -0.3 is 18.6 Å². The first-order valence-electron chi connectivity index (χ1n) is 21.5. The van der Waals surface area contributed by atoms with Crippen molar-refractivity contribution in [2.45, 2.75) is 0 Å². The number of benzene rings is 9. The first-order chi connectivity index (χ1) is 30.3. The van der Waals surface area contributed by atoms with E-state index >= 15 is 0 Å². The van der Waals surface area contributed by atoms with Gasteiger partial charge in [0.2, 0.25) is 0 Å². The molecular formula is C54H33B3N4. The SMILES string of the molecule is c1ccc(B2c3cc4c5c6c3-c3c(cccc3N(c3ccccc3)B6n3c6ccccc6c6cc7c8ccccc8n(c7c-5c63)B4c3ccccc3)N2c2ccccc2)cc1. The minimum atomic E-state index is -0.145. The van der Waals surface area contributed by atoms with Crippen molar-refractivity contribution in [2.24, 2.45) is 0 Å². The highest BCUT2D eigenvalue weighted by molar-refractivity contribution is 6.96. The summed E-state index contributed by atoms with van der Waals surface area (Å²) in [5.41, 5.74) is 22.2. The lowest BCUT2D eigenvalue weighted by atomic mass is 9.38. The number of fused-ring (bicyclic) bond motifs is 7. The normalized spacial score (nSPS) is 14.1. The van der Waals surface area contributed by atoms with E-state index < -0.39 is 0 Å². The molecule has 0 atom stereocenters. The fraction of sp³-hybridized carbons (Fsp3) is 0. The molecule has 0 unspecified atom stereocenters. The van der Waals surface area contributed by atoms with E-state index in [1.165, 1.54) is 116 Å². The third-order valence-corrected chi connectivity index (χ3v) is 14.3. The van der Waals surface area contributed by atoms with Gasteiger partial charge in [-0.15, -0.1) is 0 Å². The topological polar surface area (TPSA) is 16.3 Å². The van der Waals surface area contributed by atoms with Crippen molar-refractivity contribution in [1.29, 1.82) is 0 Å². The zero-order valence-electron chi connectivity index (χ0n) is 33.1. The molecule has 0 spiro atoms. The molecule has 0 amide bonds. The summed E-state index contributed by atoms with van der Waals surface area (Å²) in [6, 6.07) is 75.1. The summed E-state index contributed by atoms with van der Waals surface area (Å²) in [6.07, 6.45) is 0. The van der Waals surface area contributed by atoms with E-state index in [0.717, 1.165) is 0 Å². The molecule has 4 nitrogen and oxygen atoms in total. The van der Waals surface area contributed by atoms with Crippen molar-refractivity contribution in [3.05, 3.63) is 200 Å². The summed E-state index contributed by atoms with van der Waals surface area (Å²) in [6.45, 7) is -0.273. The Morgan fingerprint density at radius 3 is 1.44 bits per heavy atom. The molecule has 6 heterocycles. The molecule has 61 heavy (non-hydrogen) atoms. The smallest absolute Gasteiger partial charge is 0.376 e. The largest absolute Gasteiger partial charge is 0.421 e. The summed E-state index contributed by atoms with van der Waals surface area (Å²) in [7, 11) is 0. The molecule has 0 aliphatic carbocycles. The predicted molar refractivity (Wildman–Crippen MR) is 260 cm³/mol. The maximum Gasteiger partial charge on any atom is 0.421 e. The van der Waals surface area contributed by atoms with Gasteiger partial charge in [-0.05, 0) is 82.1 Å². The van der Waals surface area contributed by atoms with Gasteiger partial charge in [-0.1, -0.05) is 157 Å². The predicted octanol–water partition coefficient (Wildman–Crippen LogP) is 9.17. The van der Waals surface area contributed by atoms with Crippen LogP contribution in [0.15, 0.2) is 200 Å². The zero-order valence-corrected chi connectivity index (χ0v) is 33.1. The molecule has 0 saturated heterocycles. The summed E-state index contributed by atoms with van der Waals surface area (Å²) in [5.74, 6) is 0. The molecule has 0 bridgehead atoms. The number of nitrogens with zero attached hydrogens (tertiary/aromatic N) is 4. The molecular weight excluding hydrogens is 737 g/mol. The lowest BCUT2D eigenvalue weighted by Gasteiger charge is -2.49. The molecule has 7 heteroatoms. The summed E-state index contributed by atoms with van der Waals surface area (Å²) in [5, 5.41) is 5.24. The van der Waals surface area contributed by atoms with Gasteiger partial charge in [0.25, 0.3) is 0 Å². The standard InChI is InChI=1S/C54H33B3N4/c1-5-18-34(19-6-1)55-42-33-43-49-51-53-40(38-26-13-15-28-44(38)60(53)56(43)35-20-7-2-8-21-35)32-41-39-27-14-16-29-45(39)61(54(41)51)57-52(49)48(42)50-46(58(55)36-22-9-3-10-23-36)30-17-31-47(50)59(57)37-24-11-4-12-25-37/h1-33H. The zero-order chi connectivity index (χ0) is 39.5. The van der Waals surface area contributed by atoms with E-state index in [1.54, 1.807) is 0 Å². The number of hydrogen-bond donors (Lipinski definition) is 0. The minimum absolute atomic E-state index is 0.0491. The van der Waals surface area contributed by atoms with Crippen LogP contribution in [-0.2, 0) is 0 Å². The Bertz CT molecular complexity index is 3680. The lowest BCUT2D eigenvalue weighted by Crippen LogP contribution is -2.67. The van der Waals surface area contributed by atoms with Gasteiger partial charge in [0.1, 0.15) is 0 Å². The van der Waals surface area contributed by atoms with E-state index in [9.17, 15) is 0 Å². The van der Waals surface area contributed by atoms with E-state index in [4.69, 9.17) is 0 Å². The number of aromatic nitrogens is 2. The summed E-state index contributed by atoms with van der Waals surface area (Å²) < 4.78 is 5.42. The van der Waals surface area contributed by atoms with Crippen LogP contribution >= 0.6 is 0 Å². The molecule has 278 valence electrons. The first-order valence-corrected chi connectivity index (χ1v) is 21.5. The molecule has 4 aliphatic heterocycles. The number of anilines is 4. The van der Waals surface area contributed by atoms with Crippen LogP contribution in [0.1, 0.15) is 0 Å². The number of hydrogen-bond acceptors (Lipinski definition) is 2. The van der Waals surface area contributed by atoms with Crippen LogP contribution in [0.2, 0.25) is 0 Å². The Morgan fingerprint density at radius 2 is 0.803 bits per heavy atom. The fourth-order valence-electron chi connectivity index (χ4n) is 12.2. The van der Waals surface area contributed by atoms with Crippen molar-refractivity contribution < 1.29 is 0 Å². The highest BCUT2D eigenvalue weighted by Crippen LogP contribution is 2.54. The average Bonchev–Trinajstić information content (AvgIpc) is 3.84. The third-order valence-electron chi connectivity index (χ3n) is 14.3. The average molecular weight is 770 g/mol. The van der Waals surface area contributed by atoms with E-state index in [0.29, 0.717) is 0 Å². The monoisotopic (exact) mass is 770 g/mol. The Balaban J connectivity index is 1.22. The molecule has 9 aromatic carbocycles. The van der Waals surface area contributed by atoms with Gasteiger partial charge in [-0.3, -0.25) is 0 Å². The number of para-hydroxylation sites is 4. The second-order valence-corrected chi connectivity index (χ2v) is 17.1. The molecule has 2 aromatic heterocycles. The molecule has 15 rings (SSSR count). The van der Waals surface area contributed by atoms with Crippen LogP contribution in [0.4, 0.5) is 22.7 Å². The second kappa shape index (κ2) is 11.6. The van der Waals surface area contributed by atoms with Crippen LogP contribution in [0, 0.1) is 0 Å².